The van der Waals surface area contributed by atoms with Crippen LogP contribution in [-0.2, 0) is 28.6 Å². The van der Waals surface area contributed by atoms with Gasteiger partial charge in [-0.15, -0.1) is 0 Å². The molecule has 0 aromatic rings. The van der Waals surface area contributed by atoms with Crippen molar-refractivity contribution in [3.63, 3.8) is 0 Å². The molecule has 0 saturated carbocycles. The average Bonchev–Trinajstić information content (AvgIpc) is 3.40. The van der Waals surface area contributed by atoms with Gasteiger partial charge in [-0.3, -0.25) is 14.4 Å². The highest BCUT2D eigenvalue weighted by Crippen LogP contribution is 2.19. The third-order valence-electron chi connectivity index (χ3n) is 15.9. The van der Waals surface area contributed by atoms with Gasteiger partial charge in [-0.2, -0.15) is 0 Å². The number of esters is 3. The summed E-state index contributed by atoms with van der Waals surface area (Å²) in [6.07, 6.45) is 74.2. The fourth-order valence-corrected chi connectivity index (χ4v) is 10.7. The Balaban J connectivity index is 4.10. The average molecular weight is 1050 g/mol. The smallest absolute Gasteiger partial charge is 0.306 e. The van der Waals surface area contributed by atoms with E-state index in [0.29, 0.717) is 19.3 Å². The number of rotatable bonds is 64. The summed E-state index contributed by atoms with van der Waals surface area (Å²) in [7, 11) is 0. The van der Waals surface area contributed by atoms with Crippen LogP contribution in [0.15, 0.2) is 0 Å². The van der Waals surface area contributed by atoms with Crippen molar-refractivity contribution in [3.8, 4) is 0 Å². The lowest BCUT2D eigenvalue weighted by Crippen LogP contribution is -2.30. The van der Waals surface area contributed by atoms with Crippen LogP contribution in [0, 0.1) is 0 Å². The molecule has 0 rings (SSSR count). The summed E-state index contributed by atoms with van der Waals surface area (Å²) < 4.78 is 16.9. The van der Waals surface area contributed by atoms with Gasteiger partial charge in [-0.25, -0.2) is 0 Å². The molecule has 0 aliphatic heterocycles. The number of carbonyl (C=O) groups is 3. The van der Waals surface area contributed by atoms with Crippen molar-refractivity contribution in [1.82, 2.24) is 0 Å². The van der Waals surface area contributed by atoms with Gasteiger partial charge in [0.25, 0.3) is 0 Å². The molecule has 0 amide bonds. The van der Waals surface area contributed by atoms with Crippen molar-refractivity contribution in [2.45, 2.75) is 406 Å². The molecule has 0 N–H and O–H groups in total. The fraction of sp³-hybridized carbons (Fsp3) is 0.956. The van der Waals surface area contributed by atoms with Crippen molar-refractivity contribution in [3.05, 3.63) is 0 Å². The van der Waals surface area contributed by atoms with Crippen LogP contribution in [0.5, 0.6) is 0 Å². The highest BCUT2D eigenvalue weighted by atomic mass is 16.6. The number of ether oxygens (including phenoxy) is 3. The summed E-state index contributed by atoms with van der Waals surface area (Å²) >= 11 is 0. The second-order valence-electron chi connectivity index (χ2n) is 23.5. The SMILES string of the molecule is CCCCCCCCCCCCCCCCCCCCCCCCCCCCCCC(=O)OCC(COC(=O)CCCCCCCCCCCCC)OC(=O)CCCCCCCCCCCCCCCCCCC. The van der Waals surface area contributed by atoms with Crippen molar-refractivity contribution in [2.75, 3.05) is 13.2 Å². The molecule has 0 aliphatic carbocycles. The maximum Gasteiger partial charge on any atom is 0.306 e. The van der Waals surface area contributed by atoms with Crippen LogP contribution >= 0.6 is 0 Å². The zero-order valence-electron chi connectivity index (χ0n) is 50.7. The van der Waals surface area contributed by atoms with Gasteiger partial charge in [-0.1, -0.05) is 361 Å². The highest BCUT2D eigenvalue weighted by Gasteiger charge is 2.19. The van der Waals surface area contributed by atoms with Crippen LogP contribution in [0.4, 0.5) is 0 Å². The predicted molar refractivity (Wildman–Crippen MR) is 321 cm³/mol. The van der Waals surface area contributed by atoms with Crippen molar-refractivity contribution >= 4 is 17.9 Å². The zero-order valence-corrected chi connectivity index (χ0v) is 50.7. The molecule has 0 aromatic carbocycles. The van der Waals surface area contributed by atoms with Crippen molar-refractivity contribution in [2.24, 2.45) is 0 Å². The van der Waals surface area contributed by atoms with Crippen molar-refractivity contribution in [1.29, 1.82) is 0 Å². The molecule has 0 spiro atoms. The van der Waals surface area contributed by atoms with E-state index in [2.05, 4.69) is 20.8 Å². The zero-order chi connectivity index (χ0) is 53.6. The summed E-state index contributed by atoms with van der Waals surface area (Å²) in [6.45, 7) is 6.72. The number of unbranched alkanes of at least 4 members (excludes halogenated alkanes) is 53. The Bertz CT molecular complexity index is 1110. The van der Waals surface area contributed by atoms with E-state index in [1.807, 2.05) is 0 Å². The lowest BCUT2D eigenvalue weighted by atomic mass is 10.0. The Morgan fingerprint density at radius 3 is 0.541 bits per heavy atom. The normalized spacial score (nSPS) is 11.9. The Morgan fingerprint density at radius 1 is 0.216 bits per heavy atom. The molecule has 74 heavy (non-hydrogen) atoms. The molecule has 1 unspecified atom stereocenters. The summed E-state index contributed by atoms with van der Waals surface area (Å²) in [5.74, 6) is -0.826. The maximum atomic E-state index is 12.9. The second kappa shape index (κ2) is 63.9. The molecule has 1 atom stereocenters. The van der Waals surface area contributed by atoms with Crippen LogP contribution in [0.3, 0.4) is 0 Å². The Kier molecular flexibility index (Phi) is 62.6. The quantitative estimate of drug-likeness (QED) is 0.0343. The minimum Gasteiger partial charge on any atom is -0.462 e. The van der Waals surface area contributed by atoms with Gasteiger partial charge in [0, 0.05) is 19.3 Å². The molecule has 0 saturated heterocycles. The van der Waals surface area contributed by atoms with Gasteiger partial charge >= 0.3 is 17.9 Å². The van der Waals surface area contributed by atoms with Gasteiger partial charge < -0.3 is 14.2 Å². The van der Waals surface area contributed by atoms with E-state index in [9.17, 15) is 14.4 Å². The van der Waals surface area contributed by atoms with E-state index in [1.54, 1.807) is 0 Å². The Labute approximate surface area is 463 Å². The van der Waals surface area contributed by atoms with Crippen LogP contribution in [0.1, 0.15) is 400 Å². The molecule has 0 heterocycles. The lowest BCUT2D eigenvalue weighted by Gasteiger charge is -2.18. The van der Waals surface area contributed by atoms with Crippen LogP contribution in [0.25, 0.3) is 0 Å². The predicted octanol–water partition coefficient (Wildman–Crippen LogP) is 23.1. The number of hydrogen-bond donors (Lipinski definition) is 0. The molecule has 0 fully saturated rings. The second-order valence-corrected chi connectivity index (χ2v) is 23.5. The van der Waals surface area contributed by atoms with Crippen molar-refractivity contribution < 1.29 is 28.6 Å². The van der Waals surface area contributed by atoms with E-state index in [1.165, 1.54) is 302 Å². The first-order valence-electron chi connectivity index (χ1n) is 34.0. The van der Waals surface area contributed by atoms with E-state index in [-0.39, 0.29) is 31.1 Å². The van der Waals surface area contributed by atoms with E-state index in [0.717, 1.165) is 57.8 Å². The maximum absolute atomic E-state index is 12.9. The summed E-state index contributed by atoms with van der Waals surface area (Å²) in [5, 5.41) is 0. The van der Waals surface area contributed by atoms with Gasteiger partial charge in [0.15, 0.2) is 6.10 Å². The van der Waals surface area contributed by atoms with Gasteiger partial charge in [-0.05, 0) is 19.3 Å². The summed E-state index contributed by atoms with van der Waals surface area (Å²) in [5.41, 5.74) is 0. The van der Waals surface area contributed by atoms with Crippen LogP contribution in [0.2, 0.25) is 0 Å². The first-order chi connectivity index (χ1) is 36.5. The topological polar surface area (TPSA) is 78.9 Å². The standard InChI is InChI=1S/C68H132O6/c1-4-7-10-13-16-19-22-24-26-28-29-30-31-32-33-34-35-36-37-38-40-41-43-46-49-52-55-58-61-67(70)73-64-65(63-72-66(69)60-57-54-51-48-45-21-18-15-12-9-6-3)74-68(71)62-59-56-53-50-47-44-42-39-27-25-23-20-17-14-11-8-5-2/h65H,4-64H2,1-3H3. The monoisotopic (exact) mass is 1050 g/mol. The number of hydrogen-bond acceptors (Lipinski definition) is 6. The van der Waals surface area contributed by atoms with Gasteiger partial charge in [0.2, 0.25) is 0 Å². The minimum absolute atomic E-state index is 0.0606. The molecular weight excluding hydrogens is 913 g/mol. The molecule has 0 aromatic heterocycles. The van der Waals surface area contributed by atoms with Crippen LogP contribution in [-0.4, -0.2) is 37.2 Å². The van der Waals surface area contributed by atoms with Gasteiger partial charge in [0.05, 0.1) is 0 Å². The number of carbonyl (C=O) groups excluding carboxylic acids is 3. The molecule has 0 aliphatic rings. The Hall–Kier alpha value is -1.59. The van der Waals surface area contributed by atoms with Gasteiger partial charge in [0.1, 0.15) is 13.2 Å². The fourth-order valence-electron chi connectivity index (χ4n) is 10.7. The highest BCUT2D eigenvalue weighted by molar-refractivity contribution is 5.71. The molecule has 0 bridgehead atoms. The molecule has 440 valence electrons. The van der Waals surface area contributed by atoms with E-state index < -0.39 is 6.10 Å². The van der Waals surface area contributed by atoms with E-state index >= 15 is 0 Å². The first-order valence-corrected chi connectivity index (χ1v) is 34.0. The van der Waals surface area contributed by atoms with E-state index in [4.69, 9.17) is 14.2 Å². The lowest BCUT2D eigenvalue weighted by molar-refractivity contribution is -0.167. The molecule has 0 radical (unpaired) electrons. The third kappa shape index (κ3) is 61.3. The largest absolute Gasteiger partial charge is 0.462 e. The first kappa shape index (κ1) is 72.4. The summed E-state index contributed by atoms with van der Waals surface area (Å²) in [4.78, 5) is 38.3. The third-order valence-corrected chi connectivity index (χ3v) is 15.9. The Morgan fingerprint density at radius 2 is 0.365 bits per heavy atom. The molecular formula is C68H132O6. The minimum atomic E-state index is -0.762. The molecule has 6 nitrogen and oxygen atoms in total. The van der Waals surface area contributed by atoms with Crippen LogP contribution < -0.4 is 0 Å². The summed E-state index contributed by atoms with van der Waals surface area (Å²) in [6, 6.07) is 0. The molecule has 6 heteroatoms.